The van der Waals surface area contributed by atoms with Crippen molar-refractivity contribution < 1.29 is 18.9 Å². The summed E-state index contributed by atoms with van der Waals surface area (Å²) < 4.78 is 23.1. The van der Waals surface area contributed by atoms with Gasteiger partial charge in [-0.1, -0.05) is 13.3 Å². The molecule has 0 bridgehead atoms. The number of ether oxygens (including phenoxy) is 4. The molecule has 27 heavy (non-hydrogen) atoms. The molecule has 2 heterocycles. The Morgan fingerprint density at radius 2 is 1.74 bits per heavy atom. The predicted octanol–water partition coefficient (Wildman–Crippen LogP) is 4.39. The van der Waals surface area contributed by atoms with Gasteiger partial charge in [0.1, 0.15) is 5.75 Å². The Labute approximate surface area is 163 Å². The number of piperidine rings is 1. The minimum absolute atomic E-state index is 0.0156. The van der Waals surface area contributed by atoms with E-state index < -0.39 is 0 Å². The highest BCUT2D eigenvalue weighted by Crippen LogP contribution is 2.24. The molecular formula is C22H35NO4. The topological polar surface area (TPSA) is 40.2 Å². The van der Waals surface area contributed by atoms with Crippen LogP contribution in [0, 0.1) is 0 Å². The quantitative estimate of drug-likeness (QED) is 0.566. The van der Waals surface area contributed by atoms with Gasteiger partial charge in [0.25, 0.3) is 0 Å². The summed E-state index contributed by atoms with van der Waals surface area (Å²) in [5.41, 5.74) is 1.27. The summed E-state index contributed by atoms with van der Waals surface area (Å²) in [6.45, 7) is 7.17. The number of benzene rings is 1. The molecule has 2 aliphatic rings. The van der Waals surface area contributed by atoms with Crippen molar-refractivity contribution in [3.8, 4) is 5.75 Å². The van der Waals surface area contributed by atoms with E-state index in [0.29, 0.717) is 19.3 Å². The van der Waals surface area contributed by atoms with Crippen molar-refractivity contribution in [3.05, 3.63) is 24.3 Å². The van der Waals surface area contributed by atoms with Crippen LogP contribution < -0.4 is 9.64 Å². The van der Waals surface area contributed by atoms with Crippen molar-refractivity contribution in [1.29, 1.82) is 0 Å². The molecule has 1 aromatic carbocycles. The maximum absolute atomic E-state index is 6.01. The summed E-state index contributed by atoms with van der Waals surface area (Å²) in [5.74, 6) is 0.965. The van der Waals surface area contributed by atoms with Crippen LogP contribution in [0.3, 0.4) is 0 Å². The van der Waals surface area contributed by atoms with Gasteiger partial charge in [-0.25, -0.2) is 0 Å². The van der Waals surface area contributed by atoms with Gasteiger partial charge in [-0.15, -0.1) is 0 Å². The summed E-state index contributed by atoms with van der Waals surface area (Å²) in [4.78, 5) is 2.43. The molecule has 1 aromatic rings. The van der Waals surface area contributed by atoms with Crippen LogP contribution in [0.1, 0.15) is 51.9 Å². The van der Waals surface area contributed by atoms with E-state index in [1.807, 2.05) is 0 Å². The van der Waals surface area contributed by atoms with Crippen molar-refractivity contribution in [2.75, 3.05) is 44.4 Å². The molecule has 2 saturated heterocycles. The molecule has 2 aliphatic heterocycles. The molecule has 0 spiro atoms. The van der Waals surface area contributed by atoms with Gasteiger partial charge in [0.15, 0.2) is 6.29 Å². The van der Waals surface area contributed by atoms with Gasteiger partial charge in [-0.3, -0.25) is 0 Å². The Hall–Kier alpha value is -1.30. The third-order valence-corrected chi connectivity index (χ3v) is 5.29. The van der Waals surface area contributed by atoms with Gasteiger partial charge in [0.2, 0.25) is 0 Å². The summed E-state index contributed by atoms with van der Waals surface area (Å²) in [6, 6.07) is 8.50. The highest BCUT2D eigenvalue weighted by Gasteiger charge is 2.20. The predicted molar refractivity (Wildman–Crippen MR) is 108 cm³/mol. The number of anilines is 1. The van der Waals surface area contributed by atoms with E-state index in [4.69, 9.17) is 18.9 Å². The van der Waals surface area contributed by atoms with Crippen molar-refractivity contribution in [1.82, 2.24) is 0 Å². The summed E-state index contributed by atoms with van der Waals surface area (Å²) >= 11 is 0. The first-order valence-corrected chi connectivity index (χ1v) is 10.7. The van der Waals surface area contributed by atoms with E-state index in [0.717, 1.165) is 70.6 Å². The van der Waals surface area contributed by atoms with E-state index in [1.165, 1.54) is 12.1 Å². The first-order chi connectivity index (χ1) is 13.3. The molecule has 0 N–H and O–H groups in total. The molecule has 1 unspecified atom stereocenters. The number of nitrogens with zero attached hydrogens (tertiary/aromatic N) is 1. The van der Waals surface area contributed by atoms with Crippen LogP contribution in [0.4, 0.5) is 5.69 Å². The van der Waals surface area contributed by atoms with Crippen LogP contribution in [0.2, 0.25) is 0 Å². The van der Waals surface area contributed by atoms with Crippen LogP contribution in [0.25, 0.3) is 0 Å². The van der Waals surface area contributed by atoms with Gasteiger partial charge in [-0.2, -0.15) is 0 Å². The fourth-order valence-electron chi connectivity index (χ4n) is 3.61. The normalized spacial score (nSPS) is 21.4. The molecule has 5 heteroatoms. The Morgan fingerprint density at radius 1 is 0.963 bits per heavy atom. The first kappa shape index (κ1) is 20.4. The van der Waals surface area contributed by atoms with Crippen molar-refractivity contribution in [2.24, 2.45) is 0 Å². The molecule has 2 fully saturated rings. The number of hydrogen-bond acceptors (Lipinski definition) is 5. The van der Waals surface area contributed by atoms with E-state index in [-0.39, 0.29) is 6.29 Å². The standard InChI is InChI=1S/C22H35NO4/c1-2-3-15-24-20-9-7-19(8-10-20)23-13-11-21(12-14-23)25-17-18-27-22-6-4-5-16-26-22/h7-10,21-22H,2-6,11-18H2,1H3. The van der Waals surface area contributed by atoms with Gasteiger partial charge >= 0.3 is 0 Å². The summed E-state index contributed by atoms with van der Waals surface area (Å²) in [7, 11) is 0. The highest BCUT2D eigenvalue weighted by molar-refractivity contribution is 5.49. The maximum atomic E-state index is 6.01. The Kier molecular flexibility index (Phi) is 8.72. The second-order valence-corrected chi connectivity index (χ2v) is 7.42. The lowest BCUT2D eigenvalue weighted by Crippen LogP contribution is -2.37. The third-order valence-electron chi connectivity index (χ3n) is 5.29. The average Bonchev–Trinajstić information content (AvgIpc) is 2.73. The number of hydrogen-bond donors (Lipinski definition) is 0. The molecule has 0 radical (unpaired) electrons. The van der Waals surface area contributed by atoms with Crippen LogP contribution in [0.15, 0.2) is 24.3 Å². The van der Waals surface area contributed by atoms with Gasteiger partial charge in [0, 0.05) is 25.4 Å². The molecule has 152 valence electrons. The smallest absolute Gasteiger partial charge is 0.157 e. The second-order valence-electron chi connectivity index (χ2n) is 7.42. The van der Waals surface area contributed by atoms with E-state index in [1.54, 1.807) is 0 Å². The van der Waals surface area contributed by atoms with E-state index in [9.17, 15) is 0 Å². The minimum Gasteiger partial charge on any atom is -0.494 e. The zero-order valence-electron chi connectivity index (χ0n) is 16.7. The summed E-state index contributed by atoms with van der Waals surface area (Å²) in [5, 5.41) is 0. The van der Waals surface area contributed by atoms with Gasteiger partial charge < -0.3 is 23.8 Å². The first-order valence-electron chi connectivity index (χ1n) is 10.7. The fourth-order valence-corrected chi connectivity index (χ4v) is 3.61. The molecular weight excluding hydrogens is 342 g/mol. The lowest BCUT2D eigenvalue weighted by Gasteiger charge is -2.33. The SMILES string of the molecule is CCCCOc1ccc(N2CCC(OCCOC3CCCCO3)CC2)cc1. The molecule has 0 saturated carbocycles. The summed E-state index contributed by atoms with van der Waals surface area (Å²) in [6.07, 6.45) is 8.10. The highest BCUT2D eigenvalue weighted by atomic mass is 16.7. The monoisotopic (exact) mass is 377 g/mol. The van der Waals surface area contributed by atoms with Crippen molar-refractivity contribution in [2.45, 2.75) is 64.3 Å². The second kappa shape index (κ2) is 11.5. The molecule has 1 atom stereocenters. The maximum Gasteiger partial charge on any atom is 0.157 e. The van der Waals surface area contributed by atoms with Gasteiger partial charge in [0.05, 0.1) is 25.9 Å². The molecule has 0 aromatic heterocycles. The molecule has 5 nitrogen and oxygen atoms in total. The zero-order valence-corrected chi connectivity index (χ0v) is 16.7. The van der Waals surface area contributed by atoms with Crippen molar-refractivity contribution in [3.63, 3.8) is 0 Å². The number of unbranched alkanes of at least 4 members (excludes halogenated alkanes) is 1. The fraction of sp³-hybridized carbons (Fsp3) is 0.727. The third kappa shape index (κ3) is 6.98. The van der Waals surface area contributed by atoms with Crippen LogP contribution in [-0.4, -0.2) is 51.9 Å². The zero-order chi connectivity index (χ0) is 18.7. The Balaban J connectivity index is 1.30. The lowest BCUT2D eigenvalue weighted by molar-refractivity contribution is -0.171. The van der Waals surface area contributed by atoms with Crippen LogP contribution in [0.5, 0.6) is 5.75 Å². The minimum atomic E-state index is -0.0156. The Bertz CT molecular complexity index is 508. The largest absolute Gasteiger partial charge is 0.494 e. The van der Waals surface area contributed by atoms with E-state index in [2.05, 4.69) is 36.1 Å². The van der Waals surface area contributed by atoms with Crippen molar-refractivity contribution >= 4 is 5.69 Å². The molecule has 0 amide bonds. The van der Waals surface area contributed by atoms with E-state index >= 15 is 0 Å². The van der Waals surface area contributed by atoms with Crippen LogP contribution >= 0.6 is 0 Å². The Morgan fingerprint density at radius 3 is 2.44 bits per heavy atom. The average molecular weight is 378 g/mol. The molecule has 3 rings (SSSR count). The lowest BCUT2D eigenvalue weighted by atomic mass is 10.1. The van der Waals surface area contributed by atoms with Crippen LogP contribution in [-0.2, 0) is 14.2 Å². The molecule has 0 aliphatic carbocycles. The van der Waals surface area contributed by atoms with Gasteiger partial charge in [-0.05, 0) is 62.8 Å². The number of rotatable bonds is 10.